The standard InChI is InChI=1S/C21H19NO3S/c1-15-8-6-7-11-21(15)26(24,25)22-20-14-18(12-13-19(20)16(2)23)17-9-4-3-5-10-17/h3-14,22H,1-2H3. The van der Waals surface area contributed by atoms with Crippen LogP contribution in [0.25, 0.3) is 11.1 Å². The fourth-order valence-electron chi connectivity index (χ4n) is 2.80. The Morgan fingerprint density at radius 2 is 1.50 bits per heavy atom. The fraction of sp³-hybridized carbons (Fsp3) is 0.0952. The number of sulfonamides is 1. The van der Waals surface area contributed by atoms with Crippen LogP contribution < -0.4 is 4.72 Å². The van der Waals surface area contributed by atoms with E-state index in [0.29, 0.717) is 11.1 Å². The van der Waals surface area contributed by atoms with E-state index in [9.17, 15) is 13.2 Å². The summed E-state index contributed by atoms with van der Waals surface area (Å²) in [5, 5.41) is 0. The Hall–Kier alpha value is -2.92. The van der Waals surface area contributed by atoms with Gasteiger partial charge >= 0.3 is 0 Å². The maximum Gasteiger partial charge on any atom is 0.262 e. The lowest BCUT2D eigenvalue weighted by molar-refractivity contribution is 0.101. The van der Waals surface area contributed by atoms with Crippen LogP contribution in [0.2, 0.25) is 0 Å². The van der Waals surface area contributed by atoms with Crippen molar-refractivity contribution in [3.05, 3.63) is 83.9 Å². The van der Waals surface area contributed by atoms with Gasteiger partial charge in [0.1, 0.15) is 0 Å². The molecule has 0 bridgehead atoms. The predicted molar refractivity (Wildman–Crippen MR) is 104 cm³/mol. The van der Waals surface area contributed by atoms with E-state index in [2.05, 4.69) is 4.72 Å². The molecule has 0 saturated heterocycles. The largest absolute Gasteiger partial charge is 0.294 e. The fourth-order valence-corrected chi connectivity index (χ4v) is 4.12. The molecule has 0 aliphatic rings. The van der Waals surface area contributed by atoms with Crippen molar-refractivity contribution in [2.45, 2.75) is 18.7 Å². The first-order chi connectivity index (χ1) is 12.4. The van der Waals surface area contributed by atoms with E-state index in [-0.39, 0.29) is 16.4 Å². The number of aryl methyl sites for hydroxylation is 1. The Bertz CT molecular complexity index is 1060. The second-order valence-electron chi connectivity index (χ2n) is 6.05. The van der Waals surface area contributed by atoms with E-state index in [1.54, 1.807) is 43.3 Å². The van der Waals surface area contributed by atoms with Gasteiger partial charge in [0.2, 0.25) is 0 Å². The number of nitrogens with one attached hydrogen (secondary N) is 1. The lowest BCUT2D eigenvalue weighted by Gasteiger charge is -2.14. The molecular formula is C21H19NO3S. The lowest BCUT2D eigenvalue weighted by Crippen LogP contribution is -2.16. The topological polar surface area (TPSA) is 63.2 Å². The van der Waals surface area contributed by atoms with Crippen molar-refractivity contribution in [1.29, 1.82) is 0 Å². The van der Waals surface area contributed by atoms with E-state index in [4.69, 9.17) is 0 Å². The summed E-state index contributed by atoms with van der Waals surface area (Å²) in [4.78, 5) is 12.2. The van der Waals surface area contributed by atoms with E-state index in [1.807, 2.05) is 36.4 Å². The first-order valence-electron chi connectivity index (χ1n) is 8.17. The molecule has 0 heterocycles. The summed E-state index contributed by atoms with van der Waals surface area (Å²) in [6.45, 7) is 3.16. The summed E-state index contributed by atoms with van der Waals surface area (Å²) >= 11 is 0. The first kappa shape index (κ1) is 17.9. The van der Waals surface area contributed by atoms with Crippen LogP contribution in [0.3, 0.4) is 0 Å². The van der Waals surface area contributed by atoms with Crippen molar-refractivity contribution >= 4 is 21.5 Å². The monoisotopic (exact) mass is 365 g/mol. The van der Waals surface area contributed by atoms with Crippen molar-refractivity contribution < 1.29 is 13.2 Å². The number of carbonyl (C=O) groups is 1. The maximum absolute atomic E-state index is 12.8. The molecule has 3 rings (SSSR count). The first-order valence-corrected chi connectivity index (χ1v) is 9.65. The summed E-state index contributed by atoms with van der Waals surface area (Å²) in [6.07, 6.45) is 0. The molecule has 0 fully saturated rings. The summed E-state index contributed by atoms with van der Waals surface area (Å²) in [6, 6.07) is 21.5. The number of anilines is 1. The van der Waals surface area contributed by atoms with Crippen LogP contribution in [-0.2, 0) is 10.0 Å². The highest BCUT2D eigenvalue weighted by Gasteiger charge is 2.19. The normalized spacial score (nSPS) is 11.2. The minimum absolute atomic E-state index is 0.194. The molecule has 0 spiro atoms. The predicted octanol–water partition coefficient (Wildman–Crippen LogP) is 4.67. The Balaban J connectivity index is 2.08. The maximum atomic E-state index is 12.8. The van der Waals surface area contributed by atoms with Crippen molar-refractivity contribution in [3.8, 4) is 11.1 Å². The number of rotatable bonds is 5. The van der Waals surface area contributed by atoms with Gasteiger partial charge in [-0.05, 0) is 48.7 Å². The third kappa shape index (κ3) is 3.68. The van der Waals surface area contributed by atoms with Crippen LogP contribution in [0.5, 0.6) is 0 Å². The molecule has 0 aliphatic carbocycles. The Kier molecular flexibility index (Phi) is 4.91. The number of carbonyl (C=O) groups excluding carboxylic acids is 1. The van der Waals surface area contributed by atoms with Crippen LogP contribution in [-0.4, -0.2) is 14.2 Å². The number of hydrogen-bond donors (Lipinski definition) is 1. The average Bonchev–Trinajstić information content (AvgIpc) is 2.62. The van der Waals surface area contributed by atoms with E-state index >= 15 is 0 Å². The van der Waals surface area contributed by atoms with Crippen LogP contribution >= 0.6 is 0 Å². The van der Waals surface area contributed by atoms with Gasteiger partial charge in [0.05, 0.1) is 10.6 Å². The zero-order valence-corrected chi connectivity index (χ0v) is 15.4. The summed E-state index contributed by atoms with van der Waals surface area (Å²) in [7, 11) is -3.80. The lowest BCUT2D eigenvalue weighted by atomic mass is 10.0. The third-order valence-corrected chi connectivity index (χ3v) is 5.66. The van der Waals surface area contributed by atoms with E-state index in [1.165, 1.54) is 6.92 Å². The number of ketones is 1. The van der Waals surface area contributed by atoms with Gasteiger partial charge in [-0.3, -0.25) is 9.52 Å². The van der Waals surface area contributed by atoms with Gasteiger partial charge in [-0.1, -0.05) is 54.6 Å². The molecule has 1 N–H and O–H groups in total. The van der Waals surface area contributed by atoms with Gasteiger partial charge in [0, 0.05) is 5.56 Å². The van der Waals surface area contributed by atoms with Crippen molar-refractivity contribution in [3.63, 3.8) is 0 Å². The molecule has 0 aliphatic heterocycles. The van der Waals surface area contributed by atoms with Crippen LogP contribution in [0.15, 0.2) is 77.7 Å². The van der Waals surface area contributed by atoms with Crippen LogP contribution in [0.1, 0.15) is 22.8 Å². The smallest absolute Gasteiger partial charge is 0.262 e. The third-order valence-electron chi connectivity index (χ3n) is 4.13. The van der Waals surface area contributed by atoms with Gasteiger partial charge in [-0.2, -0.15) is 0 Å². The molecule has 0 radical (unpaired) electrons. The molecule has 4 nitrogen and oxygen atoms in total. The van der Waals surface area contributed by atoms with Crippen molar-refractivity contribution in [1.82, 2.24) is 0 Å². The molecule has 3 aromatic rings. The SMILES string of the molecule is CC(=O)c1ccc(-c2ccccc2)cc1NS(=O)(=O)c1ccccc1C. The number of Topliss-reactive ketones (excluding diaryl/α,β-unsaturated/α-hetero) is 1. The minimum atomic E-state index is -3.80. The highest BCUT2D eigenvalue weighted by atomic mass is 32.2. The molecule has 26 heavy (non-hydrogen) atoms. The second-order valence-corrected chi connectivity index (χ2v) is 7.70. The van der Waals surface area contributed by atoms with Crippen LogP contribution in [0, 0.1) is 6.92 Å². The highest BCUT2D eigenvalue weighted by Crippen LogP contribution is 2.28. The van der Waals surface area contributed by atoms with Crippen LogP contribution in [0.4, 0.5) is 5.69 Å². The molecule has 0 atom stereocenters. The summed E-state index contributed by atoms with van der Waals surface area (Å²) in [5.41, 5.74) is 3.03. The molecule has 3 aromatic carbocycles. The molecule has 0 unspecified atom stereocenters. The number of benzene rings is 3. The van der Waals surface area contributed by atoms with Crippen molar-refractivity contribution in [2.75, 3.05) is 4.72 Å². The molecule has 132 valence electrons. The Labute approximate surface area is 153 Å². The average molecular weight is 365 g/mol. The second kappa shape index (κ2) is 7.14. The summed E-state index contributed by atoms with van der Waals surface area (Å²) < 4.78 is 28.2. The molecule has 5 heteroatoms. The van der Waals surface area contributed by atoms with Gasteiger partial charge in [-0.25, -0.2) is 8.42 Å². The molecule has 0 aromatic heterocycles. The van der Waals surface area contributed by atoms with E-state index < -0.39 is 10.0 Å². The Morgan fingerprint density at radius 3 is 2.15 bits per heavy atom. The van der Waals surface area contributed by atoms with Gasteiger partial charge in [-0.15, -0.1) is 0 Å². The Morgan fingerprint density at radius 1 is 0.846 bits per heavy atom. The summed E-state index contributed by atoms with van der Waals surface area (Å²) in [5.74, 6) is -0.202. The number of hydrogen-bond acceptors (Lipinski definition) is 3. The zero-order chi connectivity index (χ0) is 18.7. The molecular weight excluding hydrogens is 346 g/mol. The molecule has 0 saturated carbocycles. The van der Waals surface area contributed by atoms with Gasteiger partial charge in [0.25, 0.3) is 10.0 Å². The minimum Gasteiger partial charge on any atom is -0.294 e. The van der Waals surface area contributed by atoms with E-state index in [0.717, 1.165) is 11.1 Å². The molecule has 0 amide bonds. The zero-order valence-electron chi connectivity index (χ0n) is 14.6. The van der Waals surface area contributed by atoms with Crippen molar-refractivity contribution in [2.24, 2.45) is 0 Å². The highest BCUT2D eigenvalue weighted by molar-refractivity contribution is 7.92. The quantitative estimate of drug-likeness (QED) is 0.669. The van der Waals surface area contributed by atoms with Gasteiger partial charge in [0.15, 0.2) is 5.78 Å². The van der Waals surface area contributed by atoms with Gasteiger partial charge < -0.3 is 0 Å².